The third-order valence-corrected chi connectivity index (χ3v) is 4.43. The Balaban J connectivity index is 1.79. The summed E-state index contributed by atoms with van der Waals surface area (Å²) in [5.74, 6) is 0.0666. The van der Waals surface area contributed by atoms with Crippen LogP contribution in [0.25, 0.3) is 0 Å². The van der Waals surface area contributed by atoms with Crippen LogP contribution >= 0.6 is 23.2 Å². The first-order chi connectivity index (χ1) is 9.56. The van der Waals surface area contributed by atoms with Crippen LogP contribution in [0.3, 0.4) is 0 Å². The molecule has 1 aromatic carbocycles. The summed E-state index contributed by atoms with van der Waals surface area (Å²) >= 11 is 11.8. The SMILES string of the molecule is C[C@@H](NCc1ccc(Cl)c(Cl)c1)C(=O)NC1CCCC1. The highest BCUT2D eigenvalue weighted by atomic mass is 35.5. The van der Waals surface area contributed by atoms with Crippen molar-refractivity contribution in [2.75, 3.05) is 0 Å². The Morgan fingerprint density at radius 3 is 2.65 bits per heavy atom. The average Bonchev–Trinajstić information content (AvgIpc) is 2.92. The highest BCUT2D eigenvalue weighted by Crippen LogP contribution is 2.22. The monoisotopic (exact) mass is 314 g/mol. The van der Waals surface area contributed by atoms with Gasteiger partial charge in [-0.3, -0.25) is 4.79 Å². The van der Waals surface area contributed by atoms with Crippen molar-refractivity contribution in [1.82, 2.24) is 10.6 Å². The van der Waals surface area contributed by atoms with E-state index in [2.05, 4.69) is 10.6 Å². The van der Waals surface area contributed by atoms with Gasteiger partial charge < -0.3 is 10.6 Å². The van der Waals surface area contributed by atoms with Crippen molar-refractivity contribution >= 4 is 29.1 Å². The molecule has 110 valence electrons. The van der Waals surface area contributed by atoms with Crippen molar-refractivity contribution in [2.24, 2.45) is 0 Å². The molecule has 2 rings (SSSR count). The summed E-state index contributed by atoms with van der Waals surface area (Å²) in [7, 11) is 0. The molecule has 1 atom stereocenters. The van der Waals surface area contributed by atoms with E-state index in [0.717, 1.165) is 18.4 Å². The maximum Gasteiger partial charge on any atom is 0.237 e. The van der Waals surface area contributed by atoms with Gasteiger partial charge in [0.1, 0.15) is 0 Å². The second kappa shape index (κ2) is 7.30. The van der Waals surface area contributed by atoms with Crippen LogP contribution in [0.2, 0.25) is 10.0 Å². The van der Waals surface area contributed by atoms with E-state index in [1.807, 2.05) is 19.1 Å². The number of hydrogen-bond donors (Lipinski definition) is 2. The lowest BCUT2D eigenvalue weighted by molar-refractivity contribution is -0.123. The van der Waals surface area contributed by atoms with Gasteiger partial charge in [0.2, 0.25) is 5.91 Å². The Morgan fingerprint density at radius 1 is 1.30 bits per heavy atom. The third-order valence-electron chi connectivity index (χ3n) is 3.69. The molecule has 0 aliphatic heterocycles. The molecule has 1 saturated carbocycles. The molecular formula is C15H20Cl2N2O. The van der Waals surface area contributed by atoms with E-state index >= 15 is 0 Å². The van der Waals surface area contributed by atoms with Crippen molar-refractivity contribution in [1.29, 1.82) is 0 Å². The van der Waals surface area contributed by atoms with Crippen LogP contribution in [-0.2, 0) is 11.3 Å². The van der Waals surface area contributed by atoms with E-state index in [1.165, 1.54) is 12.8 Å². The normalized spacial score (nSPS) is 17.1. The van der Waals surface area contributed by atoms with Gasteiger partial charge in [-0.15, -0.1) is 0 Å². The predicted molar refractivity (Wildman–Crippen MR) is 83.2 cm³/mol. The van der Waals surface area contributed by atoms with Crippen LogP contribution in [0.15, 0.2) is 18.2 Å². The minimum absolute atomic E-state index is 0.0666. The molecule has 1 aliphatic rings. The van der Waals surface area contributed by atoms with Crippen LogP contribution in [0, 0.1) is 0 Å². The topological polar surface area (TPSA) is 41.1 Å². The van der Waals surface area contributed by atoms with E-state index in [1.54, 1.807) is 6.07 Å². The summed E-state index contributed by atoms with van der Waals surface area (Å²) in [5, 5.41) is 7.37. The lowest BCUT2D eigenvalue weighted by Gasteiger charge is -2.18. The van der Waals surface area contributed by atoms with E-state index in [9.17, 15) is 4.79 Å². The second-order valence-electron chi connectivity index (χ2n) is 5.34. The smallest absolute Gasteiger partial charge is 0.237 e. The number of benzene rings is 1. The van der Waals surface area contributed by atoms with Crippen LogP contribution in [0.4, 0.5) is 0 Å². The lowest BCUT2D eigenvalue weighted by Crippen LogP contribution is -2.45. The molecule has 1 aliphatic carbocycles. The molecule has 0 bridgehead atoms. The Morgan fingerprint density at radius 2 is 2.00 bits per heavy atom. The standard InChI is InChI=1S/C15H20Cl2N2O/c1-10(15(20)19-12-4-2-3-5-12)18-9-11-6-7-13(16)14(17)8-11/h6-8,10,12,18H,2-5,9H2,1H3,(H,19,20)/t10-/m1/s1. The number of amides is 1. The van der Waals surface area contributed by atoms with Crippen LogP contribution in [0.5, 0.6) is 0 Å². The van der Waals surface area contributed by atoms with E-state index in [-0.39, 0.29) is 11.9 Å². The van der Waals surface area contributed by atoms with Crippen molar-refractivity contribution in [3.8, 4) is 0 Å². The maximum absolute atomic E-state index is 12.0. The van der Waals surface area contributed by atoms with Crippen molar-refractivity contribution in [3.63, 3.8) is 0 Å². The molecule has 3 nitrogen and oxygen atoms in total. The van der Waals surface area contributed by atoms with Gasteiger partial charge in [0.05, 0.1) is 16.1 Å². The molecule has 0 saturated heterocycles. The molecule has 20 heavy (non-hydrogen) atoms. The summed E-state index contributed by atoms with van der Waals surface area (Å²) in [6, 6.07) is 5.63. The molecular weight excluding hydrogens is 295 g/mol. The minimum Gasteiger partial charge on any atom is -0.352 e. The zero-order chi connectivity index (χ0) is 14.5. The van der Waals surface area contributed by atoms with Gasteiger partial charge in [-0.1, -0.05) is 42.1 Å². The molecule has 0 radical (unpaired) electrons. The first kappa shape index (κ1) is 15.6. The Labute approximate surface area is 130 Å². The van der Waals surface area contributed by atoms with Crippen LogP contribution in [0.1, 0.15) is 38.2 Å². The summed E-state index contributed by atoms with van der Waals surface area (Å²) in [6.45, 7) is 2.47. The van der Waals surface area contributed by atoms with Gasteiger partial charge in [0.15, 0.2) is 0 Å². The fourth-order valence-corrected chi connectivity index (χ4v) is 2.73. The van der Waals surface area contributed by atoms with Gasteiger partial charge in [0, 0.05) is 12.6 Å². The first-order valence-corrected chi connectivity index (χ1v) is 7.79. The number of rotatable bonds is 5. The van der Waals surface area contributed by atoms with Crippen LogP contribution in [-0.4, -0.2) is 18.0 Å². The molecule has 1 amide bonds. The summed E-state index contributed by atoms with van der Waals surface area (Å²) in [4.78, 5) is 12.0. The molecule has 0 unspecified atom stereocenters. The Bertz CT molecular complexity index is 473. The fraction of sp³-hybridized carbons (Fsp3) is 0.533. The molecule has 0 heterocycles. The van der Waals surface area contributed by atoms with Gasteiger partial charge >= 0.3 is 0 Å². The summed E-state index contributed by atoms with van der Waals surface area (Å²) in [5.41, 5.74) is 1.01. The molecule has 2 N–H and O–H groups in total. The van der Waals surface area contributed by atoms with Gasteiger partial charge in [-0.25, -0.2) is 0 Å². The highest BCUT2D eigenvalue weighted by Gasteiger charge is 2.20. The van der Waals surface area contributed by atoms with E-state index in [4.69, 9.17) is 23.2 Å². The maximum atomic E-state index is 12.0. The average molecular weight is 315 g/mol. The van der Waals surface area contributed by atoms with E-state index in [0.29, 0.717) is 22.6 Å². The molecule has 0 aromatic heterocycles. The quantitative estimate of drug-likeness (QED) is 0.873. The predicted octanol–water partition coefficient (Wildman–Crippen LogP) is 3.53. The molecule has 1 aromatic rings. The minimum atomic E-state index is -0.218. The highest BCUT2D eigenvalue weighted by molar-refractivity contribution is 6.42. The summed E-state index contributed by atoms with van der Waals surface area (Å²) in [6.07, 6.45) is 4.64. The summed E-state index contributed by atoms with van der Waals surface area (Å²) < 4.78 is 0. The van der Waals surface area contributed by atoms with Crippen LogP contribution < -0.4 is 10.6 Å². The first-order valence-electron chi connectivity index (χ1n) is 7.04. The van der Waals surface area contributed by atoms with E-state index < -0.39 is 0 Å². The molecule has 0 spiro atoms. The number of nitrogens with one attached hydrogen (secondary N) is 2. The van der Waals surface area contributed by atoms with Crippen molar-refractivity contribution < 1.29 is 4.79 Å². The zero-order valence-corrected chi connectivity index (χ0v) is 13.1. The third kappa shape index (κ3) is 4.37. The largest absolute Gasteiger partial charge is 0.352 e. The molecule has 1 fully saturated rings. The van der Waals surface area contributed by atoms with Gasteiger partial charge in [-0.05, 0) is 37.5 Å². The number of carbonyl (C=O) groups excluding carboxylic acids is 1. The number of halogens is 2. The lowest BCUT2D eigenvalue weighted by atomic mass is 10.2. The second-order valence-corrected chi connectivity index (χ2v) is 6.16. The van der Waals surface area contributed by atoms with Crippen molar-refractivity contribution in [3.05, 3.63) is 33.8 Å². The number of carbonyl (C=O) groups is 1. The Kier molecular flexibility index (Phi) is 5.70. The van der Waals surface area contributed by atoms with Crippen molar-refractivity contribution in [2.45, 2.75) is 51.2 Å². The zero-order valence-electron chi connectivity index (χ0n) is 11.6. The molecule has 5 heteroatoms. The Hall–Kier alpha value is -0.770. The fourth-order valence-electron chi connectivity index (χ4n) is 2.41. The number of hydrogen-bond acceptors (Lipinski definition) is 2. The van der Waals surface area contributed by atoms with Gasteiger partial charge in [-0.2, -0.15) is 0 Å². The van der Waals surface area contributed by atoms with Gasteiger partial charge in [0.25, 0.3) is 0 Å².